The second-order valence-electron chi connectivity index (χ2n) is 5.64. The van der Waals surface area contributed by atoms with Gasteiger partial charge < -0.3 is 5.32 Å². The molecule has 112 valence electrons. The van der Waals surface area contributed by atoms with E-state index in [4.69, 9.17) is 0 Å². The lowest BCUT2D eigenvalue weighted by Gasteiger charge is -2.12. The fourth-order valence-corrected chi connectivity index (χ4v) is 3.55. The molecule has 6 heteroatoms. The molecule has 0 amide bonds. The van der Waals surface area contributed by atoms with E-state index in [1.165, 1.54) is 0 Å². The van der Waals surface area contributed by atoms with Crippen molar-refractivity contribution < 1.29 is 8.42 Å². The Kier molecular flexibility index (Phi) is 5.12. The maximum atomic E-state index is 12.2. The minimum atomic E-state index is -3.47. The average Bonchev–Trinajstić information content (AvgIpc) is 2.89. The number of hydrogen-bond donors (Lipinski definition) is 2. The number of pyridine rings is 1. The van der Waals surface area contributed by atoms with E-state index in [1.54, 1.807) is 12.3 Å². The van der Waals surface area contributed by atoms with E-state index >= 15 is 0 Å². The summed E-state index contributed by atoms with van der Waals surface area (Å²) in [6.07, 6.45) is 5.67. The van der Waals surface area contributed by atoms with Gasteiger partial charge in [0.15, 0.2) is 5.03 Å². The lowest BCUT2D eigenvalue weighted by molar-refractivity contribution is 0.548. The standard InChI is InChI=1S/C14H23N3O2S/c1-11(2)15-9-12-7-8-14(16-10-12)20(18,19)17-13-5-3-4-6-13/h7-8,10-11,13,15,17H,3-6,9H2,1-2H3. The molecule has 1 fully saturated rings. The number of nitrogens with one attached hydrogen (secondary N) is 2. The molecule has 1 aromatic heterocycles. The summed E-state index contributed by atoms with van der Waals surface area (Å²) in [5.41, 5.74) is 0.985. The van der Waals surface area contributed by atoms with Gasteiger partial charge in [-0.05, 0) is 24.5 Å². The highest BCUT2D eigenvalue weighted by Crippen LogP contribution is 2.19. The smallest absolute Gasteiger partial charge is 0.258 e. The molecule has 0 saturated heterocycles. The SMILES string of the molecule is CC(C)NCc1ccc(S(=O)(=O)NC2CCCC2)nc1. The third kappa shape index (κ3) is 4.26. The van der Waals surface area contributed by atoms with Crippen LogP contribution in [-0.2, 0) is 16.6 Å². The van der Waals surface area contributed by atoms with Crippen LogP contribution in [0.1, 0.15) is 45.1 Å². The molecule has 5 nitrogen and oxygen atoms in total. The third-order valence-corrected chi connectivity index (χ3v) is 4.90. The van der Waals surface area contributed by atoms with E-state index < -0.39 is 10.0 Å². The molecule has 0 aromatic carbocycles. The molecule has 20 heavy (non-hydrogen) atoms. The summed E-state index contributed by atoms with van der Waals surface area (Å²) in [6.45, 7) is 4.83. The van der Waals surface area contributed by atoms with Gasteiger partial charge in [0.25, 0.3) is 10.0 Å². The number of rotatable bonds is 6. The van der Waals surface area contributed by atoms with Crippen molar-refractivity contribution in [2.24, 2.45) is 0 Å². The van der Waals surface area contributed by atoms with Crippen LogP contribution in [0.25, 0.3) is 0 Å². The lowest BCUT2D eigenvalue weighted by Crippen LogP contribution is -2.33. The molecule has 1 aliphatic carbocycles. The fraction of sp³-hybridized carbons (Fsp3) is 0.643. The van der Waals surface area contributed by atoms with Gasteiger partial charge >= 0.3 is 0 Å². The molecule has 1 aromatic rings. The van der Waals surface area contributed by atoms with Gasteiger partial charge in [0.1, 0.15) is 0 Å². The zero-order valence-corrected chi connectivity index (χ0v) is 12.9. The topological polar surface area (TPSA) is 71.1 Å². The molecule has 0 aliphatic heterocycles. The zero-order valence-electron chi connectivity index (χ0n) is 12.1. The van der Waals surface area contributed by atoms with Gasteiger partial charge in [-0.15, -0.1) is 0 Å². The van der Waals surface area contributed by atoms with Gasteiger partial charge in [0.2, 0.25) is 0 Å². The summed E-state index contributed by atoms with van der Waals surface area (Å²) in [5.74, 6) is 0. The van der Waals surface area contributed by atoms with Crippen molar-refractivity contribution in [3.8, 4) is 0 Å². The van der Waals surface area contributed by atoms with Crippen LogP contribution in [0.3, 0.4) is 0 Å². The Hall–Kier alpha value is -0.980. The van der Waals surface area contributed by atoms with Gasteiger partial charge in [-0.25, -0.2) is 18.1 Å². The molecule has 2 N–H and O–H groups in total. The first-order valence-electron chi connectivity index (χ1n) is 7.18. The summed E-state index contributed by atoms with van der Waals surface area (Å²) in [4.78, 5) is 4.08. The summed E-state index contributed by atoms with van der Waals surface area (Å²) in [6, 6.07) is 3.85. The highest BCUT2D eigenvalue weighted by molar-refractivity contribution is 7.89. The normalized spacial score (nSPS) is 16.9. The molecular formula is C14H23N3O2S. The Bertz CT molecular complexity index is 520. The van der Waals surface area contributed by atoms with Crippen LogP contribution in [0.15, 0.2) is 23.4 Å². The van der Waals surface area contributed by atoms with Gasteiger partial charge in [0.05, 0.1) is 0 Å². The van der Waals surface area contributed by atoms with Crippen LogP contribution in [0.5, 0.6) is 0 Å². The molecular weight excluding hydrogens is 274 g/mol. The molecule has 0 unspecified atom stereocenters. The Labute approximate surface area is 121 Å². The molecule has 1 saturated carbocycles. The summed E-state index contributed by atoms with van der Waals surface area (Å²) in [5, 5.41) is 3.38. The van der Waals surface area contributed by atoms with Crippen LogP contribution in [0, 0.1) is 0 Å². The monoisotopic (exact) mass is 297 g/mol. The van der Waals surface area contributed by atoms with Gasteiger partial charge in [-0.2, -0.15) is 0 Å². The minimum Gasteiger partial charge on any atom is -0.310 e. The van der Waals surface area contributed by atoms with Gasteiger partial charge in [0, 0.05) is 24.8 Å². The maximum Gasteiger partial charge on any atom is 0.258 e. The Morgan fingerprint density at radius 1 is 1.30 bits per heavy atom. The molecule has 0 bridgehead atoms. The Morgan fingerprint density at radius 3 is 2.55 bits per heavy atom. The van der Waals surface area contributed by atoms with Crippen LogP contribution < -0.4 is 10.0 Å². The Balaban J connectivity index is 2.00. The van der Waals surface area contributed by atoms with Crippen molar-refractivity contribution in [2.75, 3.05) is 0 Å². The largest absolute Gasteiger partial charge is 0.310 e. The molecule has 1 heterocycles. The first-order chi connectivity index (χ1) is 9.47. The predicted molar refractivity (Wildman–Crippen MR) is 78.8 cm³/mol. The molecule has 1 aliphatic rings. The first kappa shape index (κ1) is 15.4. The molecule has 2 rings (SSSR count). The van der Waals surface area contributed by atoms with Crippen LogP contribution >= 0.6 is 0 Å². The summed E-state index contributed by atoms with van der Waals surface area (Å²) >= 11 is 0. The Morgan fingerprint density at radius 2 is 2.00 bits per heavy atom. The lowest BCUT2D eigenvalue weighted by atomic mass is 10.2. The van der Waals surface area contributed by atoms with Gasteiger partial charge in [-0.1, -0.05) is 32.8 Å². The van der Waals surface area contributed by atoms with E-state index in [-0.39, 0.29) is 11.1 Å². The number of nitrogens with zero attached hydrogens (tertiary/aromatic N) is 1. The minimum absolute atomic E-state index is 0.0732. The highest BCUT2D eigenvalue weighted by Gasteiger charge is 2.23. The number of sulfonamides is 1. The zero-order chi connectivity index (χ0) is 14.6. The fourth-order valence-electron chi connectivity index (χ4n) is 2.32. The van der Waals surface area contributed by atoms with Crippen LogP contribution in [0.2, 0.25) is 0 Å². The maximum absolute atomic E-state index is 12.2. The van der Waals surface area contributed by atoms with Crippen molar-refractivity contribution in [3.63, 3.8) is 0 Å². The summed E-state index contributed by atoms with van der Waals surface area (Å²) in [7, 11) is -3.47. The van der Waals surface area contributed by atoms with Crippen molar-refractivity contribution in [1.82, 2.24) is 15.0 Å². The van der Waals surface area contributed by atoms with Crippen LogP contribution in [-0.4, -0.2) is 25.5 Å². The second kappa shape index (κ2) is 6.65. The second-order valence-corrected chi connectivity index (χ2v) is 7.30. The molecule has 0 atom stereocenters. The molecule has 0 radical (unpaired) electrons. The summed E-state index contributed by atoms with van der Waals surface area (Å²) < 4.78 is 27.1. The van der Waals surface area contributed by atoms with Crippen molar-refractivity contribution >= 4 is 10.0 Å². The van der Waals surface area contributed by atoms with E-state index in [0.29, 0.717) is 12.6 Å². The third-order valence-electron chi connectivity index (χ3n) is 3.46. The highest BCUT2D eigenvalue weighted by atomic mass is 32.2. The van der Waals surface area contributed by atoms with E-state index in [0.717, 1.165) is 31.2 Å². The molecule has 0 spiro atoms. The van der Waals surface area contributed by atoms with E-state index in [1.807, 2.05) is 6.07 Å². The van der Waals surface area contributed by atoms with Crippen molar-refractivity contribution in [2.45, 2.75) is 63.2 Å². The number of aromatic nitrogens is 1. The average molecular weight is 297 g/mol. The predicted octanol–water partition coefficient (Wildman–Crippen LogP) is 1.80. The van der Waals surface area contributed by atoms with Crippen molar-refractivity contribution in [1.29, 1.82) is 0 Å². The van der Waals surface area contributed by atoms with Crippen molar-refractivity contribution in [3.05, 3.63) is 23.9 Å². The quantitative estimate of drug-likeness (QED) is 0.840. The number of hydrogen-bond acceptors (Lipinski definition) is 4. The van der Waals surface area contributed by atoms with E-state index in [2.05, 4.69) is 28.9 Å². The van der Waals surface area contributed by atoms with Gasteiger partial charge in [-0.3, -0.25) is 0 Å². The van der Waals surface area contributed by atoms with E-state index in [9.17, 15) is 8.42 Å². The van der Waals surface area contributed by atoms with Crippen LogP contribution in [0.4, 0.5) is 0 Å². The first-order valence-corrected chi connectivity index (χ1v) is 8.66.